The molecular formula is C40H43Cl2N9O6S2. The zero-order chi connectivity index (χ0) is 41.2. The average Bonchev–Trinajstić information content (AvgIpc) is 4.09. The van der Waals surface area contributed by atoms with Crippen LogP contribution in [-0.4, -0.2) is 95.8 Å². The van der Waals surface area contributed by atoms with Gasteiger partial charge in [-0.15, -0.1) is 22.7 Å². The van der Waals surface area contributed by atoms with E-state index in [1.807, 2.05) is 24.3 Å². The van der Waals surface area contributed by atoms with Gasteiger partial charge in [-0.25, -0.2) is 0 Å². The lowest BCUT2D eigenvalue weighted by Crippen LogP contribution is -2.46. The van der Waals surface area contributed by atoms with Gasteiger partial charge in [0.15, 0.2) is 17.2 Å². The van der Waals surface area contributed by atoms with Crippen molar-refractivity contribution in [3.63, 3.8) is 0 Å². The second-order valence-corrected chi connectivity index (χ2v) is 18.4. The standard InChI is InChI=1S/C40H43Cl2N9O6S2/c1-4-55-40(54)24-9-16-50(30(17-24)28-12-15-49(44-28)21-26-18-32(56-46-26)34-5-7-36(41)58-34)39(53)29-20-31(38(52)43-25-10-13-48(14-11-25)23(2)3)51(45-29)22-27-19-33(57-47-27)35-6-8-37(42)59-35/h5-8,12,15,18-20,23-25,30H,4,9-11,13-14,16-17,21-22H2,1-3H3,(H,43,52). The summed E-state index contributed by atoms with van der Waals surface area (Å²) in [6.07, 6.45) is 4.12. The van der Waals surface area contributed by atoms with E-state index in [2.05, 4.69) is 34.4 Å². The summed E-state index contributed by atoms with van der Waals surface area (Å²) in [7, 11) is 0. The summed E-state index contributed by atoms with van der Waals surface area (Å²) in [4.78, 5) is 47.4. The Morgan fingerprint density at radius 3 is 2.15 bits per heavy atom. The number of rotatable bonds is 13. The first kappa shape index (κ1) is 40.9. The van der Waals surface area contributed by atoms with Gasteiger partial charge in [0.05, 0.1) is 55.8 Å². The molecule has 19 heteroatoms. The predicted octanol–water partition coefficient (Wildman–Crippen LogP) is 7.68. The first-order chi connectivity index (χ1) is 28.5. The van der Waals surface area contributed by atoms with E-state index in [-0.39, 0.29) is 49.0 Å². The average molecular weight is 881 g/mol. The zero-order valence-electron chi connectivity index (χ0n) is 32.7. The molecule has 1 N–H and O–H groups in total. The summed E-state index contributed by atoms with van der Waals surface area (Å²) in [5.74, 6) is -0.340. The normalized spacial score (nSPS) is 17.8. The van der Waals surface area contributed by atoms with Crippen LogP contribution in [0.4, 0.5) is 0 Å². The third-order valence-corrected chi connectivity index (χ3v) is 13.2. The molecule has 2 aliphatic heterocycles. The largest absolute Gasteiger partial charge is 0.466 e. The Bertz CT molecular complexity index is 2420. The van der Waals surface area contributed by atoms with E-state index >= 15 is 0 Å². The highest BCUT2D eigenvalue weighted by Crippen LogP contribution is 2.36. The molecule has 2 aliphatic rings. The third kappa shape index (κ3) is 9.34. The van der Waals surface area contributed by atoms with Crippen molar-refractivity contribution >= 4 is 63.7 Å². The summed E-state index contributed by atoms with van der Waals surface area (Å²) in [5, 5.41) is 21.2. The van der Waals surface area contributed by atoms with E-state index in [1.54, 1.807) is 40.9 Å². The minimum absolute atomic E-state index is 0.0262. The molecule has 0 saturated carbocycles. The fourth-order valence-corrected chi connectivity index (χ4v) is 9.60. The molecule has 2 fully saturated rings. The van der Waals surface area contributed by atoms with Gasteiger partial charge in [0, 0.05) is 56.1 Å². The molecule has 6 aromatic heterocycles. The van der Waals surface area contributed by atoms with Crippen molar-refractivity contribution in [1.29, 1.82) is 0 Å². The van der Waals surface area contributed by atoms with Crippen molar-refractivity contribution in [1.82, 2.24) is 45.0 Å². The highest BCUT2D eigenvalue weighted by molar-refractivity contribution is 7.19. The number of hydrogen-bond acceptors (Lipinski definition) is 13. The highest BCUT2D eigenvalue weighted by atomic mass is 35.5. The number of ether oxygens (including phenoxy) is 1. The quantitative estimate of drug-likeness (QED) is 0.113. The van der Waals surface area contributed by atoms with Crippen LogP contribution in [0, 0.1) is 5.92 Å². The van der Waals surface area contributed by atoms with Crippen molar-refractivity contribution in [2.45, 2.75) is 77.7 Å². The molecule has 15 nitrogen and oxygen atoms in total. The van der Waals surface area contributed by atoms with Gasteiger partial charge in [0.2, 0.25) is 0 Å². The van der Waals surface area contributed by atoms with Gasteiger partial charge in [0.1, 0.15) is 17.1 Å². The number of thiophene rings is 2. The van der Waals surface area contributed by atoms with Crippen molar-refractivity contribution in [3.05, 3.63) is 91.9 Å². The van der Waals surface area contributed by atoms with Gasteiger partial charge in [-0.3, -0.25) is 23.7 Å². The molecule has 0 aliphatic carbocycles. The van der Waals surface area contributed by atoms with E-state index in [0.717, 1.165) is 35.7 Å². The molecule has 59 heavy (non-hydrogen) atoms. The van der Waals surface area contributed by atoms with Gasteiger partial charge in [-0.1, -0.05) is 33.5 Å². The molecule has 2 atom stereocenters. The fraction of sp³-hybridized carbons (Fsp3) is 0.425. The number of piperidine rings is 2. The monoisotopic (exact) mass is 879 g/mol. The summed E-state index contributed by atoms with van der Waals surface area (Å²) in [5.41, 5.74) is 2.07. The Labute approximate surface area is 358 Å². The molecular weight excluding hydrogens is 838 g/mol. The maximum atomic E-state index is 14.6. The number of aromatic nitrogens is 6. The zero-order valence-corrected chi connectivity index (χ0v) is 35.8. The van der Waals surface area contributed by atoms with E-state index in [0.29, 0.717) is 62.7 Å². The van der Waals surface area contributed by atoms with E-state index in [4.69, 9.17) is 47.2 Å². The van der Waals surface area contributed by atoms with Gasteiger partial charge in [-0.05, 0) is 76.8 Å². The van der Waals surface area contributed by atoms with Crippen LogP contribution in [-0.2, 0) is 22.6 Å². The molecule has 0 bridgehead atoms. The Balaban J connectivity index is 1.06. The molecule has 0 radical (unpaired) electrons. The number of carbonyl (C=O) groups excluding carboxylic acids is 3. The Morgan fingerprint density at radius 1 is 0.881 bits per heavy atom. The molecule has 2 amide bonds. The molecule has 8 heterocycles. The van der Waals surface area contributed by atoms with Gasteiger partial charge >= 0.3 is 5.97 Å². The Hall–Kier alpha value is -4.81. The number of nitrogens with one attached hydrogen (secondary N) is 1. The summed E-state index contributed by atoms with van der Waals surface area (Å²) >= 11 is 15.0. The van der Waals surface area contributed by atoms with Crippen LogP contribution in [0.25, 0.3) is 21.3 Å². The van der Waals surface area contributed by atoms with Gasteiger partial charge in [0.25, 0.3) is 11.8 Å². The van der Waals surface area contributed by atoms with Crippen LogP contribution in [0.15, 0.2) is 63.8 Å². The molecule has 2 saturated heterocycles. The van der Waals surface area contributed by atoms with Gasteiger partial charge < -0.3 is 28.9 Å². The number of carbonyl (C=O) groups is 3. The topological polar surface area (TPSA) is 167 Å². The smallest absolute Gasteiger partial charge is 0.309 e. The fourth-order valence-electron chi connectivity index (χ4n) is 7.62. The van der Waals surface area contributed by atoms with Crippen molar-refractivity contribution in [2.75, 3.05) is 26.2 Å². The number of halogens is 2. The molecule has 8 rings (SSSR count). The molecule has 310 valence electrons. The number of esters is 1. The van der Waals surface area contributed by atoms with Crippen molar-refractivity contribution in [2.24, 2.45) is 5.92 Å². The first-order valence-corrected chi connectivity index (χ1v) is 22.0. The second kappa shape index (κ2) is 17.8. The summed E-state index contributed by atoms with van der Waals surface area (Å²) in [6.45, 7) is 8.76. The summed E-state index contributed by atoms with van der Waals surface area (Å²) in [6, 6.07) is 14.1. The summed E-state index contributed by atoms with van der Waals surface area (Å²) < 4.78 is 21.1. The van der Waals surface area contributed by atoms with Crippen LogP contribution < -0.4 is 5.32 Å². The molecule has 0 aromatic carbocycles. The lowest BCUT2D eigenvalue weighted by Gasteiger charge is -2.37. The van der Waals surface area contributed by atoms with Gasteiger partial charge in [-0.2, -0.15) is 10.2 Å². The number of likely N-dealkylation sites (tertiary alicyclic amines) is 2. The predicted molar refractivity (Wildman–Crippen MR) is 223 cm³/mol. The SMILES string of the molecule is CCOC(=O)C1CCN(C(=O)c2cc(C(=O)NC3CCN(C(C)C)CC3)n(Cc3cc(-c4ccc(Cl)s4)on3)n2)C(c2ccn(Cc3cc(-c4ccc(Cl)s4)on3)n2)C1. The van der Waals surface area contributed by atoms with Crippen LogP contribution in [0.1, 0.15) is 90.6 Å². The van der Waals surface area contributed by atoms with Crippen LogP contribution in [0.5, 0.6) is 0 Å². The van der Waals surface area contributed by atoms with E-state index in [1.165, 1.54) is 33.4 Å². The highest BCUT2D eigenvalue weighted by Gasteiger charge is 2.39. The van der Waals surface area contributed by atoms with E-state index in [9.17, 15) is 14.4 Å². The maximum absolute atomic E-state index is 14.6. The molecule has 2 unspecified atom stereocenters. The molecule has 0 spiro atoms. The Kier molecular flexibility index (Phi) is 12.4. The second-order valence-electron chi connectivity index (χ2n) is 14.9. The number of hydrogen-bond donors (Lipinski definition) is 1. The van der Waals surface area contributed by atoms with Crippen LogP contribution in [0.2, 0.25) is 8.67 Å². The Morgan fingerprint density at radius 2 is 1.54 bits per heavy atom. The molecule has 6 aromatic rings. The number of nitrogens with zero attached hydrogens (tertiary/aromatic N) is 8. The van der Waals surface area contributed by atoms with Crippen molar-refractivity contribution < 1.29 is 28.2 Å². The minimum atomic E-state index is -0.586. The first-order valence-electron chi connectivity index (χ1n) is 19.6. The lowest BCUT2D eigenvalue weighted by molar-refractivity contribution is -0.150. The third-order valence-electron chi connectivity index (χ3n) is 10.7. The number of amides is 2. The lowest BCUT2D eigenvalue weighted by atomic mass is 9.89. The van der Waals surface area contributed by atoms with E-state index < -0.39 is 17.9 Å². The van der Waals surface area contributed by atoms with Crippen LogP contribution in [0.3, 0.4) is 0 Å². The minimum Gasteiger partial charge on any atom is -0.466 e. The van der Waals surface area contributed by atoms with Crippen molar-refractivity contribution in [3.8, 4) is 21.3 Å². The maximum Gasteiger partial charge on any atom is 0.309 e. The van der Waals surface area contributed by atoms with Crippen LogP contribution >= 0.6 is 45.9 Å².